The summed E-state index contributed by atoms with van der Waals surface area (Å²) in [5.74, 6) is 0.223. The van der Waals surface area contributed by atoms with E-state index in [9.17, 15) is 18.0 Å². The van der Waals surface area contributed by atoms with Gasteiger partial charge in [0.05, 0.1) is 17.5 Å². The molecule has 1 amide bonds. The number of aromatic nitrogens is 3. The van der Waals surface area contributed by atoms with Gasteiger partial charge in [-0.2, -0.15) is 18.3 Å². The lowest BCUT2D eigenvalue weighted by molar-refractivity contribution is -0.137. The van der Waals surface area contributed by atoms with Crippen LogP contribution in [0.25, 0.3) is 11.4 Å². The molecule has 6 nitrogen and oxygen atoms in total. The second kappa shape index (κ2) is 9.57. The number of carbonyl (C=O) groups excluding carboxylic acids is 1. The fourth-order valence-corrected chi connectivity index (χ4v) is 3.48. The van der Waals surface area contributed by atoms with E-state index in [-0.39, 0.29) is 11.3 Å². The topological polar surface area (TPSA) is 72.2 Å². The van der Waals surface area contributed by atoms with E-state index in [2.05, 4.69) is 20.7 Å². The highest BCUT2D eigenvalue weighted by Crippen LogP contribution is 2.31. The van der Waals surface area contributed by atoms with Crippen molar-refractivity contribution < 1.29 is 18.0 Å². The van der Waals surface area contributed by atoms with Gasteiger partial charge in [0, 0.05) is 17.7 Å². The quantitative estimate of drug-likeness (QED) is 0.344. The van der Waals surface area contributed by atoms with E-state index in [0.717, 1.165) is 17.8 Å². The van der Waals surface area contributed by atoms with Crippen LogP contribution in [0.5, 0.6) is 0 Å². The minimum Gasteiger partial charge on any atom is -0.302 e. The summed E-state index contributed by atoms with van der Waals surface area (Å²) in [5, 5.41) is 12.5. The Balaban J connectivity index is 1.61. The van der Waals surface area contributed by atoms with Gasteiger partial charge >= 0.3 is 6.18 Å². The van der Waals surface area contributed by atoms with Crippen molar-refractivity contribution in [2.24, 2.45) is 5.10 Å². The zero-order valence-corrected chi connectivity index (χ0v) is 16.7. The van der Waals surface area contributed by atoms with Crippen molar-refractivity contribution in [3.05, 3.63) is 65.7 Å². The first kappa shape index (κ1) is 21.6. The molecule has 0 aliphatic rings. The van der Waals surface area contributed by atoms with Gasteiger partial charge in [0.15, 0.2) is 11.0 Å². The molecule has 10 heteroatoms. The highest BCUT2D eigenvalue weighted by atomic mass is 32.2. The van der Waals surface area contributed by atoms with Crippen molar-refractivity contribution >= 4 is 23.9 Å². The highest BCUT2D eigenvalue weighted by molar-refractivity contribution is 7.99. The Morgan fingerprint density at radius 1 is 1.13 bits per heavy atom. The predicted molar refractivity (Wildman–Crippen MR) is 109 cm³/mol. The lowest BCUT2D eigenvalue weighted by Gasteiger charge is -2.09. The number of halogens is 3. The molecule has 1 N–H and O–H groups in total. The number of hydrazone groups is 1. The van der Waals surface area contributed by atoms with Crippen molar-refractivity contribution in [2.75, 3.05) is 5.75 Å². The van der Waals surface area contributed by atoms with Crippen LogP contribution in [-0.4, -0.2) is 32.6 Å². The van der Waals surface area contributed by atoms with Crippen LogP contribution < -0.4 is 5.43 Å². The van der Waals surface area contributed by atoms with E-state index in [0.29, 0.717) is 17.5 Å². The maximum atomic E-state index is 13.0. The maximum absolute atomic E-state index is 13.0. The summed E-state index contributed by atoms with van der Waals surface area (Å²) in [6.07, 6.45) is -3.52. The average molecular weight is 433 g/mol. The third-order valence-corrected chi connectivity index (χ3v) is 5.02. The zero-order valence-electron chi connectivity index (χ0n) is 15.9. The van der Waals surface area contributed by atoms with Gasteiger partial charge in [0.2, 0.25) is 0 Å². The van der Waals surface area contributed by atoms with Crippen LogP contribution in [0.4, 0.5) is 13.2 Å². The fourth-order valence-electron chi connectivity index (χ4n) is 2.69. The normalized spacial score (nSPS) is 11.7. The molecule has 0 bridgehead atoms. The second-order valence-electron chi connectivity index (χ2n) is 6.08. The Bertz CT molecular complexity index is 1030. The number of nitrogens with one attached hydrogen (secondary N) is 1. The SMILES string of the molecule is CCn1c(SCC(=O)N/N=C\c2ccccc2C(F)(F)F)nnc1-c1ccccc1. The fraction of sp³-hybridized carbons (Fsp3) is 0.200. The molecule has 3 rings (SSSR count). The zero-order chi connectivity index (χ0) is 21.6. The van der Waals surface area contributed by atoms with Crippen LogP contribution in [0, 0.1) is 0 Å². The summed E-state index contributed by atoms with van der Waals surface area (Å²) in [7, 11) is 0. The van der Waals surface area contributed by atoms with Gasteiger partial charge in [0.1, 0.15) is 0 Å². The van der Waals surface area contributed by atoms with E-state index in [1.807, 2.05) is 41.8 Å². The van der Waals surface area contributed by atoms with Gasteiger partial charge in [-0.15, -0.1) is 10.2 Å². The van der Waals surface area contributed by atoms with E-state index >= 15 is 0 Å². The molecule has 0 fully saturated rings. The molecule has 1 aromatic heterocycles. The highest BCUT2D eigenvalue weighted by Gasteiger charge is 2.32. The Morgan fingerprint density at radius 2 is 1.83 bits per heavy atom. The summed E-state index contributed by atoms with van der Waals surface area (Å²) in [5.41, 5.74) is 2.21. The van der Waals surface area contributed by atoms with Crippen LogP contribution in [0.2, 0.25) is 0 Å². The molecule has 0 spiro atoms. The number of thioether (sulfide) groups is 1. The summed E-state index contributed by atoms with van der Waals surface area (Å²) >= 11 is 1.17. The van der Waals surface area contributed by atoms with Crippen LogP contribution in [0.3, 0.4) is 0 Å². The molecule has 156 valence electrons. The average Bonchev–Trinajstić information content (AvgIpc) is 3.15. The monoisotopic (exact) mass is 433 g/mol. The van der Waals surface area contributed by atoms with Crippen molar-refractivity contribution in [1.29, 1.82) is 0 Å². The minimum absolute atomic E-state index is 0.00875. The van der Waals surface area contributed by atoms with Gasteiger partial charge in [0.25, 0.3) is 5.91 Å². The molecular weight excluding hydrogens is 415 g/mol. The molecule has 0 radical (unpaired) electrons. The van der Waals surface area contributed by atoms with Gasteiger partial charge in [-0.25, -0.2) is 5.43 Å². The van der Waals surface area contributed by atoms with Crippen molar-refractivity contribution in [3.63, 3.8) is 0 Å². The predicted octanol–water partition coefficient (Wildman–Crippen LogP) is 4.23. The molecule has 3 aromatic rings. The van der Waals surface area contributed by atoms with E-state index in [1.165, 1.54) is 30.0 Å². The van der Waals surface area contributed by atoms with E-state index in [4.69, 9.17) is 0 Å². The molecule has 0 atom stereocenters. The Hall–Kier alpha value is -3.14. The summed E-state index contributed by atoms with van der Waals surface area (Å²) < 4.78 is 40.8. The van der Waals surface area contributed by atoms with Crippen molar-refractivity contribution in [3.8, 4) is 11.4 Å². The molecule has 1 heterocycles. The van der Waals surface area contributed by atoms with Gasteiger partial charge in [-0.3, -0.25) is 4.79 Å². The first-order chi connectivity index (χ1) is 14.4. The largest absolute Gasteiger partial charge is 0.417 e. The maximum Gasteiger partial charge on any atom is 0.417 e. The van der Waals surface area contributed by atoms with Crippen LogP contribution in [0.15, 0.2) is 64.9 Å². The van der Waals surface area contributed by atoms with E-state index < -0.39 is 17.6 Å². The molecule has 30 heavy (non-hydrogen) atoms. The minimum atomic E-state index is -4.50. The molecule has 2 aromatic carbocycles. The molecule has 0 aliphatic carbocycles. The number of carbonyl (C=O) groups is 1. The number of amides is 1. The van der Waals surface area contributed by atoms with Gasteiger partial charge in [-0.05, 0) is 13.0 Å². The molecule has 0 unspecified atom stereocenters. The number of hydrogen-bond donors (Lipinski definition) is 1. The number of nitrogens with zero attached hydrogens (tertiary/aromatic N) is 4. The van der Waals surface area contributed by atoms with Crippen molar-refractivity contribution in [1.82, 2.24) is 20.2 Å². The molecular formula is C20H18F3N5OS. The molecule has 0 aliphatic heterocycles. The lowest BCUT2D eigenvalue weighted by atomic mass is 10.1. The van der Waals surface area contributed by atoms with Crippen LogP contribution in [0.1, 0.15) is 18.1 Å². The third kappa shape index (κ3) is 5.26. The lowest BCUT2D eigenvalue weighted by Crippen LogP contribution is -2.20. The van der Waals surface area contributed by atoms with Gasteiger partial charge < -0.3 is 4.57 Å². The number of hydrogen-bond acceptors (Lipinski definition) is 5. The number of benzene rings is 2. The van der Waals surface area contributed by atoms with Gasteiger partial charge in [-0.1, -0.05) is 60.3 Å². The van der Waals surface area contributed by atoms with Crippen molar-refractivity contribution in [2.45, 2.75) is 24.8 Å². The van der Waals surface area contributed by atoms with Crippen LogP contribution in [-0.2, 0) is 17.5 Å². The van der Waals surface area contributed by atoms with Crippen LogP contribution >= 0.6 is 11.8 Å². The standard InChI is InChI=1S/C20H18F3N5OS/c1-2-28-18(14-8-4-3-5-9-14)26-27-19(28)30-13-17(29)25-24-12-15-10-6-7-11-16(15)20(21,22)23/h3-12H,2,13H2,1H3,(H,25,29)/b24-12-. The third-order valence-electron chi connectivity index (χ3n) is 4.06. The molecule has 0 saturated heterocycles. The number of alkyl halides is 3. The first-order valence-electron chi connectivity index (χ1n) is 8.99. The second-order valence-corrected chi connectivity index (χ2v) is 7.03. The number of rotatable bonds is 7. The first-order valence-corrected chi connectivity index (χ1v) is 9.98. The molecule has 0 saturated carbocycles. The summed E-state index contributed by atoms with van der Waals surface area (Å²) in [4.78, 5) is 12.0. The van der Waals surface area contributed by atoms with E-state index in [1.54, 1.807) is 0 Å². The Kier molecular flexibility index (Phi) is 6.88. The smallest absolute Gasteiger partial charge is 0.302 e. The summed E-state index contributed by atoms with van der Waals surface area (Å²) in [6.45, 7) is 2.57. The Labute approximate surface area is 175 Å². The summed E-state index contributed by atoms with van der Waals surface area (Å²) in [6, 6.07) is 14.6. The Morgan fingerprint density at radius 3 is 2.53 bits per heavy atom.